The van der Waals surface area contributed by atoms with E-state index in [-0.39, 0.29) is 5.91 Å². The van der Waals surface area contributed by atoms with Crippen molar-refractivity contribution in [3.05, 3.63) is 35.4 Å². The van der Waals surface area contributed by atoms with Gasteiger partial charge in [-0.1, -0.05) is 0 Å². The number of nitriles is 1. The first-order valence-corrected chi connectivity index (χ1v) is 9.76. The van der Waals surface area contributed by atoms with Crippen molar-refractivity contribution in [1.29, 1.82) is 5.26 Å². The molecule has 0 aliphatic carbocycles. The molecule has 154 valence electrons. The summed E-state index contributed by atoms with van der Waals surface area (Å²) in [6, 6.07) is 6.61. The minimum atomic E-state index is -0.624. The third-order valence-electron chi connectivity index (χ3n) is 4.71. The van der Waals surface area contributed by atoms with Gasteiger partial charge in [-0.25, -0.2) is 4.79 Å². The average Bonchev–Trinajstić information content (AvgIpc) is 3.09. The van der Waals surface area contributed by atoms with Crippen molar-refractivity contribution in [3.63, 3.8) is 0 Å². The fraction of sp³-hybridized carbons (Fsp3) is 0.500. The molecule has 1 atom stereocenters. The van der Waals surface area contributed by atoms with E-state index in [1.807, 2.05) is 19.9 Å². The van der Waals surface area contributed by atoms with Crippen LogP contribution in [-0.4, -0.2) is 40.7 Å². The van der Waals surface area contributed by atoms with Gasteiger partial charge in [0.2, 0.25) is 5.91 Å². The van der Waals surface area contributed by atoms with E-state index in [1.165, 1.54) is 4.90 Å². The van der Waals surface area contributed by atoms with E-state index in [4.69, 9.17) is 9.47 Å². The quantitative estimate of drug-likeness (QED) is 0.823. The Morgan fingerprint density at radius 1 is 1.34 bits per heavy atom. The molecule has 3 rings (SSSR count). The zero-order valence-electron chi connectivity index (χ0n) is 17.5. The van der Waals surface area contributed by atoms with Crippen LogP contribution in [-0.2, 0) is 9.53 Å². The Bertz CT molecular complexity index is 906. The van der Waals surface area contributed by atoms with Gasteiger partial charge in [0.25, 0.3) is 0 Å². The van der Waals surface area contributed by atoms with Crippen molar-refractivity contribution in [2.24, 2.45) is 0 Å². The second kappa shape index (κ2) is 7.43. The van der Waals surface area contributed by atoms with Gasteiger partial charge in [0, 0.05) is 12.1 Å². The van der Waals surface area contributed by atoms with Crippen molar-refractivity contribution < 1.29 is 19.1 Å². The number of carbonyl (C=O) groups excluding carboxylic acids is 2. The number of benzene rings is 1. The SMILES string of the molecule is CC(C)(C)OC(=O)N1CCC[C@H]1C(=O)NC1=CC(C)(C)Oc2ccc(C#N)cc21. The summed E-state index contributed by atoms with van der Waals surface area (Å²) in [4.78, 5) is 27.1. The summed E-state index contributed by atoms with van der Waals surface area (Å²) in [5, 5.41) is 12.2. The monoisotopic (exact) mass is 397 g/mol. The van der Waals surface area contributed by atoms with Crippen molar-refractivity contribution in [2.45, 2.75) is 64.7 Å². The average molecular weight is 397 g/mol. The number of hydrogen-bond donors (Lipinski definition) is 1. The van der Waals surface area contributed by atoms with Crippen LogP contribution in [0.1, 0.15) is 58.6 Å². The van der Waals surface area contributed by atoms with E-state index in [2.05, 4.69) is 11.4 Å². The third-order valence-corrected chi connectivity index (χ3v) is 4.71. The second-order valence-electron chi connectivity index (χ2n) is 8.91. The molecule has 2 aliphatic heterocycles. The van der Waals surface area contributed by atoms with Crippen LogP contribution in [0.2, 0.25) is 0 Å². The van der Waals surface area contributed by atoms with Gasteiger partial charge in [-0.05, 0) is 71.7 Å². The first-order valence-electron chi connectivity index (χ1n) is 9.76. The maximum Gasteiger partial charge on any atom is 0.410 e. The van der Waals surface area contributed by atoms with Crippen LogP contribution in [0.3, 0.4) is 0 Å². The van der Waals surface area contributed by atoms with E-state index >= 15 is 0 Å². The van der Waals surface area contributed by atoms with E-state index in [0.717, 1.165) is 6.42 Å². The maximum absolute atomic E-state index is 13.1. The predicted octanol–water partition coefficient (Wildman–Crippen LogP) is 3.59. The standard InChI is InChI=1S/C22H27N3O4/c1-21(2,3)29-20(27)25-10-6-7-17(25)19(26)24-16-12-22(4,5)28-18-9-8-14(13-23)11-15(16)18/h8-9,11-12,17H,6-7,10H2,1-5H3,(H,24,26)/t17-/m0/s1. The molecule has 7 nitrogen and oxygen atoms in total. The van der Waals surface area contributed by atoms with Crippen molar-refractivity contribution >= 4 is 17.7 Å². The van der Waals surface area contributed by atoms with Crippen LogP contribution >= 0.6 is 0 Å². The van der Waals surface area contributed by atoms with Crippen molar-refractivity contribution in [3.8, 4) is 11.8 Å². The summed E-state index contributed by atoms with van der Waals surface area (Å²) < 4.78 is 11.4. The van der Waals surface area contributed by atoms with E-state index in [0.29, 0.717) is 35.5 Å². The van der Waals surface area contributed by atoms with Crippen LogP contribution in [0.5, 0.6) is 5.75 Å². The Morgan fingerprint density at radius 3 is 2.72 bits per heavy atom. The van der Waals surface area contributed by atoms with Gasteiger partial charge in [0.05, 0.1) is 17.3 Å². The first-order chi connectivity index (χ1) is 13.5. The van der Waals surface area contributed by atoms with Gasteiger partial charge in [-0.3, -0.25) is 9.69 Å². The summed E-state index contributed by atoms with van der Waals surface area (Å²) in [7, 11) is 0. The lowest BCUT2D eigenvalue weighted by Gasteiger charge is -2.32. The Hall–Kier alpha value is -3.01. The summed E-state index contributed by atoms with van der Waals surface area (Å²) in [6.45, 7) is 9.67. The highest BCUT2D eigenvalue weighted by atomic mass is 16.6. The molecule has 2 amide bonds. The molecule has 1 aromatic carbocycles. The predicted molar refractivity (Wildman–Crippen MR) is 108 cm³/mol. The normalized spacial score (nSPS) is 20.1. The highest BCUT2D eigenvalue weighted by molar-refractivity contribution is 5.94. The number of carbonyl (C=O) groups is 2. The largest absolute Gasteiger partial charge is 0.483 e. The highest BCUT2D eigenvalue weighted by Crippen LogP contribution is 2.35. The Kier molecular flexibility index (Phi) is 5.31. The lowest BCUT2D eigenvalue weighted by atomic mass is 9.97. The molecular formula is C22H27N3O4. The van der Waals surface area contributed by atoms with E-state index in [1.54, 1.807) is 39.0 Å². The molecule has 0 aromatic heterocycles. The molecule has 1 aromatic rings. The fourth-order valence-corrected chi connectivity index (χ4v) is 3.54. The number of nitrogens with zero attached hydrogens (tertiary/aromatic N) is 2. The van der Waals surface area contributed by atoms with Crippen LogP contribution in [0.25, 0.3) is 5.70 Å². The zero-order chi connectivity index (χ0) is 21.4. The molecule has 1 fully saturated rings. The zero-order valence-corrected chi connectivity index (χ0v) is 17.5. The van der Waals surface area contributed by atoms with Gasteiger partial charge < -0.3 is 14.8 Å². The first kappa shape index (κ1) is 20.7. The minimum Gasteiger partial charge on any atom is -0.483 e. The number of fused-ring (bicyclic) bond motifs is 1. The highest BCUT2D eigenvalue weighted by Gasteiger charge is 2.38. The lowest BCUT2D eigenvalue weighted by molar-refractivity contribution is -0.124. The van der Waals surface area contributed by atoms with E-state index in [9.17, 15) is 14.9 Å². The van der Waals surface area contributed by atoms with Gasteiger partial charge in [0.15, 0.2) is 0 Å². The Balaban J connectivity index is 1.83. The molecule has 2 aliphatic rings. The van der Waals surface area contributed by atoms with Crippen molar-refractivity contribution in [2.75, 3.05) is 6.54 Å². The van der Waals surface area contributed by atoms with Crippen LogP contribution in [0, 0.1) is 11.3 Å². The number of ether oxygens (including phenoxy) is 2. The molecule has 29 heavy (non-hydrogen) atoms. The number of rotatable bonds is 2. The lowest BCUT2D eigenvalue weighted by Crippen LogP contribution is -2.47. The van der Waals surface area contributed by atoms with Crippen LogP contribution < -0.4 is 10.1 Å². The summed E-state index contributed by atoms with van der Waals surface area (Å²) in [5.74, 6) is 0.327. The molecule has 0 bridgehead atoms. The summed E-state index contributed by atoms with van der Waals surface area (Å²) in [5.41, 5.74) is 0.460. The molecule has 0 saturated carbocycles. The Morgan fingerprint density at radius 2 is 2.07 bits per heavy atom. The molecule has 0 unspecified atom stereocenters. The Labute approximate surface area is 171 Å². The van der Waals surface area contributed by atoms with Gasteiger partial charge in [-0.15, -0.1) is 0 Å². The van der Waals surface area contributed by atoms with Gasteiger partial charge in [0.1, 0.15) is 23.0 Å². The molecule has 0 spiro atoms. The maximum atomic E-state index is 13.1. The second-order valence-corrected chi connectivity index (χ2v) is 8.91. The van der Waals surface area contributed by atoms with Crippen molar-refractivity contribution in [1.82, 2.24) is 10.2 Å². The van der Waals surface area contributed by atoms with Gasteiger partial charge >= 0.3 is 6.09 Å². The number of nitrogens with one attached hydrogen (secondary N) is 1. The number of hydrogen-bond acceptors (Lipinski definition) is 5. The van der Waals surface area contributed by atoms with E-state index < -0.39 is 23.3 Å². The van der Waals surface area contributed by atoms with Gasteiger partial charge in [-0.2, -0.15) is 5.26 Å². The number of amides is 2. The topological polar surface area (TPSA) is 91.7 Å². The van der Waals surface area contributed by atoms with Crippen LogP contribution in [0.4, 0.5) is 4.79 Å². The molecule has 0 radical (unpaired) electrons. The summed E-state index contributed by atoms with van der Waals surface area (Å²) >= 11 is 0. The molecule has 1 saturated heterocycles. The molecular weight excluding hydrogens is 370 g/mol. The smallest absolute Gasteiger partial charge is 0.410 e. The summed E-state index contributed by atoms with van der Waals surface area (Å²) in [6.07, 6.45) is 2.65. The molecule has 7 heteroatoms. The van der Waals surface area contributed by atoms with Crippen LogP contribution in [0.15, 0.2) is 24.3 Å². The minimum absolute atomic E-state index is 0.273. The molecule has 1 N–H and O–H groups in total. The molecule has 2 heterocycles. The fourth-order valence-electron chi connectivity index (χ4n) is 3.54. The number of likely N-dealkylation sites (tertiary alicyclic amines) is 1. The third kappa shape index (κ3) is 4.70.